The number of halogens is 1. The Morgan fingerprint density at radius 3 is 2.48 bits per heavy atom. The third-order valence-electron chi connectivity index (χ3n) is 3.51. The molecule has 0 saturated carbocycles. The summed E-state index contributed by atoms with van der Waals surface area (Å²) in [5.74, 6) is 0.153. The van der Waals surface area contributed by atoms with Crippen LogP contribution < -0.4 is 10.1 Å². The summed E-state index contributed by atoms with van der Waals surface area (Å²) >= 11 is 5.88. The fourth-order valence-corrected chi connectivity index (χ4v) is 3.46. The van der Waals surface area contributed by atoms with Gasteiger partial charge in [0.15, 0.2) is 0 Å². The topological polar surface area (TPSA) is 75.7 Å². The summed E-state index contributed by atoms with van der Waals surface area (Å²) in [4.78, 5) is 12.1. The van der Waals surface area contributed by atoms with Gasteiger partial charge in [-0.2, -0.15) is 4.31 Å². The molecular formula is C17H19ClN2O4S. The highest BCUT2D eigenvalue weighted by Gasteiger charge is 2.22. The Labute approximate surface area is 152 Å². The fourth-order valence-electron chi connectivity index (χ4n) is 2.12. The Balaban J connectivity index is 1.97. The number of sulfonamides is 1. The van der Waals surface area contributed by atoms with E-state index in [1.165, 1.54) is 26.3 Å². The number of hydrogen-bond acceptors (Lipinski definition) is 4. The number of nitrogens with zero attached hydrogens (tertiary/aromatic N) is 1. The number of carbonyl (C=O) groups is 1. The van der Waals surface area contributed by atoms with Crippen LogP contribution in [0.3, 0.4) is 0 Å². The number of methoxy groups -OCH3 is 1. The van der Waals surface area contributed by atoms with Crippen molar-refractivity contribution in [3.8, 4) is 5.75 Å². The minimum atomic E-state index is -3.75. The Hall–Kier alpha value is -2.09. The van der Waals surface area contributed by atoms with Gasteiger partial charge in [-0.25, -0.2) is 8.42 Å². The highest BCUT2D eigenvalue weighted by atomic mass is 35.5. The molecule has 0 aliphatic heterocycles. The first-order chi connectivity index (χ1) is 11.8. The molecule has 0 bridgehead atoms. The van der Waals surface area contributed by atoms with E-state index in [4.69, 9.17) is 16.3 Å². The minimum Gasteiger partial charge on any atom is -0.497 e. The second kappa shape index (κ2) is 8.33. The number of carbonyl (C=O) groups excluding carboxylic acids is 1. The van der Waals surface area contributed by atoms with Crippen molar-refractivity contribution in [3.63, 3.8) is 0 Å². The van der Waals surface area contributed by atoms with Crippen molar-refractivity contribution in [2.45, 2.75) is 11.4 Å². The summed E-state index contributed by atoms with van der Waals surface area (Å²) in [5.41, 5.74) is 0.835. The summed E-state index contributed by atoms with van der Waals surface area (Å²) in [6.45, 7) is -0.00918. The van der Waals surface area contributed by atoms with Crippen LogP contribution in [-0.2, 0) is 21.4 Å². The van der Waals surface area contributed by atoms with Gasteiger partial charge < -0.3 is 10.1 Å². The van der Waals surface area contributed by atoms with E-state index in [2.05, 4.69) is 5.32 Å². The van der Waals surface area contributed by atoms with E-state index in [0.717, 1.165) is 9.87 Å². The van der Waals surface area contributed by atoms with E-state index < -0.39 is 15.9 Å². The average Bonchev–Trinajstić information content (AvgIpc) is 2.60. The van der Waals surface area contributed by atoms with E-state index in [1.54, 1.807) is 30.3 Å². The van der Waals surface area contributed by atoms with Gasteiger partial charge in [0.2, 0.25) is 15.9 Å². The first-order valence-corrected chi connectivity index (χ1v) is 9.26. The molecule has 0 aromatic heterocycles. The lowest BCUT2D eigenvalue weighted by atomic mass is 10.2. The summed E-state index contributed by atoms with van der Waals surface area (Å²) < 4.78 is 31.0. The second-order valence-electron chi connectivity index (χ2n) is 5.34. The maximum absolute atomic E-state index is 12.5. The van der Waals surface area contributed by atoms with E-state index in [-0.39, 0.29) is 18.0 Å². The van der Waals surface area contributed by atoms with Crippen LogP contribution in [0.2, 0.25) is 5.02 Å². The van der Waals surface area contributed by atoms with Crippen LogP contribution in [0.1, 0.15) is 5.56 Å². The number of ether oxygens (including phenoxy) is 1. The zero-order valence-corrected chi connectivity index (χ0v) is 15.5. The van der Waals surface area contributed by atoms with Crippen molar-refractivity contribution >= 4 is 27.5 Å². The standard InChI is InChI=1S/C17H19ClN2O4S/c1-20(25(22,23)16-8-6-15(24-2)7-9-16)12-17(21)19-11-13-4-3-5-14(18)10-13/h3-10H,11-12H2,1-2H3,(H,19,21). The molecule has 0 atom stereocenters. The van der Waals surface area contributed by atoms with Crippen molar-refractivity contribution in [1.29, 1.82) is 0 Å². The SMILES string of the molecule is COc1ccc(S(=O)(=O)N(C)CC(=O)NCc2cccc(Cl)c2)cc1. The van der Waals surface area contributed by atoms with Crippen molar-refractivity contribution < 1.29 is 17.9 Å². The Morgan fingerprint density at radius 1 is 1.20 bits per heavy atom. The van der Waals surface area contributed by atoms with Crippen LogP contribution in [-0.4, -0.2) is 39.3 Å². The van der Waals surface area contributed by atoms with Crippen molar-refractivity contribution in [3.05, 3.63) is 59.1 Å². The number of rotatable bonds is 7. The van der Waals surface area contributed by atoms with Crippen molar-refractivity contribution in [2.24, 2.45) is 0 Å². The predicted octanol–water partition coefficient (Wildman–Crippen LogP) is 2.29. The molecule has 25 heavy (non-hydrogen) atoms. The highest BCUT2D eigenvalue weighted by molar-refractivity contribution is 7.89. The third-order valence-corrected chi connectivity index (χ3v) is 5.57. The molecule has 0 unspecified atom stereocenters. The molecule has 8 heteroatoms. The van der Waals surface area contributed by atoms with Crippen LogP contribution in [0.15, 0.2) is 53.4 Å². The molecule has 1 N–H and O–H groups in total. The first kappa shape index (κ1) is 19.2. The molecule has 134 valence electrons. The first-order valence-electron chi connectivity index (χ1n) is 7.44. The van der Waals surface area contributed by atoms with Gasteiger partial charge in [-0.3, -0.25) is 4.79 Å². The summed E-state index contributed by atoms with van der Waals surface area (Å²) in [6.07, 6.45) is 0. The lowest BCUT2D eigenvalue weighted by molar-refractivity contribution is -0.121. The minimum absolute atomic E-state index is 0.0958. The molecular weight excluding hydrogens is 364 g/mol. The van der Waals surface area contributed by atoms with Crippen LogP contribution in [0, 0.1) is 0 Å². The van der Waals surface area contributed by atoms with Crippen LogP contribution in [0.5, 0.6) is 5.75 Å². The molecule has 0 aliphatic carbocycles. The third kappa shape index (κ3) is 5.19. The molecule has 0 aliphatic rings. The lowest BCUT2D eigenvalue weighted by Crippen LogP contribution is -2.38. The number of nitrogens with one attached hydrogen (secondary N) is 1. The molecule has 0 fully saturated rings. The summed E-state index contributed by atoms with van der Waals surface area (Å²) in [5, 5.41) is 3.25. The van der Waals surface area contributed by atoms with Gasteiger partial charge in [0.1, 0.15) is 5.75 Å². The normalized spacial score (nSPS) is 11.4. The molecule has 6 nitrogen and oxygen atoms in total. The highest BCUT2D eigenvalue weighted by Crippen LogP contribution is 2.18. The smallest absolute Gasteiger partial charge is 0.243 e. The summed E-state index contributed by atoms with van der Waals surface area (Å²) in [6, 6.07) is 13.1. The Kier molecular flexibility index (Phi) is 6.41. The Bertz CT molecular complexity index is 838. The number of benzene rings is 2. The lowest BCUT2D eigenvalue weighted by Gasteiger charge is -2.17. The van der Waals surface area contributed by atoms with Crippen molar-refractivity contribution in [2.75, 3.05) is 20.7 Å². The number of hydrogen-bond donors (Lipinski definition) is 1. The van der Waals surface area contributed by atoms with E-state index in [9.17, 15) is 13.2 Å². The van der Waals surface area contributed by atoms with Crippen LogP contribution >= 0.6 is 11.6 Å². The number of amides is 1. The zero-order valence-electron chi connectivity index (χ0n) is 13.9. The van der Waals surface area contributed by atoms with E-state index >= 15 is 0 Å². The molecule has 2 aromatic rings. The van der Waals surface area contributed by atoms with Gasteiger partial charge >= 0.3 is 0 Å². The monoisotopic (exact) mass is 382 g/mol. The number of likely N-dealkylation sites (N-methyl/N-ethyl adjacent to an activating group) is 1. The van der Waals surface area contributed by atoms with Gasteiger partial charge in [0.25, 0.3) is 0 Å². The molecule has 2 aromatic carbocycles. The van der Waals surface area contributed by atoms with Crippen LogP contribution in [0.25, 0.3) is 0 Å². The van der Waals surface area contributed by atoms with E-state index in [0.29, 0.717) is 10.8 Å². The quantitative estimate of drug-likeness (QED) is 0.797. The molecule has 0 spiro atoms. The maximum atomic E-state index is 12.5. The summed E-state index contributed by atoms with van der Waals surface area (Å²) in [7, 11) is -0.893. The predicted molar refractivity (Wildman–Crippen MR) is 96.1 cm³/mol. The van der Waals surface area contributed by atoms with Gasteiger partial charge in [-0.15, -0.1) is 0 Å². The molecule has 1 amide bonds. The maximum Gasteiger partial charge on any atom is 0.243 e. The second-order valence-corrected chi connectivity index (χ2v) is 7.82. The van der Waals surface area contributed by atoms with Gasteiger partial charge in [-0.05, 0) is 42.0 Å². The molecule has 2 rings (SSSR count). The van der Waals surface area contributed by atoms with Crippen molar-refractivity contribution in [1.82, 2.24) is 9.62 Å². The van der Waals surface area contributed by atoms with Gasteiger partial charge in [-0.1, -0.05) is 23.7 Å². The molecule has 0 radical (unpaired) electrons. The Morgan fingerprint density at radius 2 is 1.88 bits per heavy atom. The largest absolute Gasteiger partial charge is 0.497 e. The molecule has 0 saturated heterocycles. The van der Waals surface area contributed by atoms with Gasteiger partial charge in [0, 0.05) is 18.6 Å². The average molecular weight is 383 g/mol. The van der Waals surface area contributed by atoms with Crippen LogP contribution in [0.4, 0.5) is 0 Å². The zero-order chi connectivity index (χ0) is 18.4. The van der Waals surface area contributed by atoms with Gasteiger partial charge in [0.05, 0.1) is 18.6 Å². The fraction of sp³-hybridized carbons (Fsp3) is 0.235. The molecule has 0 heterocycles. The van der Waals surface area contributed by atoms with E-state index in [1.807, 2.05) is 6.07 Å².